The standard InChI is InChI=1S/C24H29N3O3.CH5N/c1-17(26)27-8-6-18(7-9-27)15-30-16-20-11-22(13-23(12-20)24(28)29-2)21-5-3-4-19(10-21)14-25;1-2/h3-5,10-14,18,25-26H,6-9,15-16H2,1-2H3;2H2,1H3. The average Bonchev–Trinajstić information content (AvgIpc) is 2.85. The van der Waals surface area contributed by atoms with Crippen LogP contribution in [0.25, 0.3) is 11.1 Å². The molecule has 0 bridgehead atoms. The second-order valence-electron chi connectivity index (χ2n) is 7.71. The fourth-order valence-electron chi connectivity index (χ4n) is 3.76. The number of likely N-dealkylation sites (tertiary alicyclic amines) is 1. The maximum atomic E-state index is 12.2. The van der Waals surface area contributed by atoms with Crippen LogP contribution in [-0.2, 0) is 16.1 Å². The van der Waals surface area contributed by atoms with Crippen molar-refractivity contribution in [2.45, 2.75) is 26.4 Å². The molecule has 1 aliphatic rings. The molecule has 0 aliphatic carbocycles. The predicted octanol–water partition coefficient (Wildman–Crippen LogP) is 3.94. The zero-order valence-electron chi connectivity index (χ0n) is 19.2. The number of methoxy groups -OCH3 is 1. The Morgan fingerprint density at radius 3 is 2.50 bits per heavy atom. The first-order valence-corrected chi connectivity index (χ1v) is 10.8. The van der Waals surface area contributed by atoms with Crippen molar-refractivity contribution in [3.05, 3.63) is 59.2 Å². The third-order valence-corrected chi connectivity index (χ3v) is 5.51. The summed E-state index contributed by atoms with van der Waals surface area (Å²) in [6.45, 7) is 4.75. The molecule has 0 unspecified atom stereocenters. The van der Waals surface area contributed by atoms with E-state index in [1.165, 1.54) is 20.4 Å². The molecular weight excluding hydrogens is 404 g/mol. The molecular formula is C25H34N4O3. The van der Waals surface area contributed by atoms with Gasteiger partial charge in [0.1, 0.15) is 0 Å². The smallest absolute Gasteiger partial charge is 0.337 e. The van der Waals surface area contributed by atoms with E-state index in [9.17, 15) is 4.79 Å². The highest BCUT2D eigenvalue weighted by Gasteiger charge is 2.19. The van der Waals surface area contributed by atoms with Crippen LogP contribution in [0.2, 0.25) is 0 Å². The molecule has 0 aromatic heterocycles. The fraction of sp³-hybridized carbons (Fsp3) is 0.400. The average molecular weight is 439 g/mol. The topological polar surface area (TPSA) is 112 Å². The number of benzene rings is 2. The molecule has 0 radical (unpaired) electrons. The van der Waals surface area contributed by atoms with Gasteiger partial charge in [-0.05, 0) is 79.3 Å². The van der Waals surface area contributed by atoms with Crippen LogP contribution < -0.4 is 5.73 Å². The Labute approximate surface area is 190 Å². The van der Waals surface area contributed by atoms with Gasteiger partial charge in [-0.2, -0.15) is 0 Å². The highest BCUT2D eigenvalue weighted by Crippen LogP contribution is 2.25. The number of hydrogen-bond donors (Lipinski definition) is 3. The Morgan fingerprint density at radius 2 is 1.88 bits per heavy atom. The number of nitrogens with one attached hydrogen (secondary N) is 2. The molecule has 2 aromatic carbocycles. The SMILES string of the molecule is CN.COC(=O)c1cc(COCC2CCN(C(C)=N)CC2)cc(-c2cccc(C=N)c2)c1. The Morgan fingerprint density at radius 1 is 1.16 bits per heavy atom. The molecule has 1 heterocycles. The third kappa shape index (κ3) is 7.00. The Bertz CT molecular complexity index is 921. The van der Waals surface area contributed by atoms with Crippen molar-refractivity contribution < 1.29 is 14.3 Å². The Hall–Kier alpha value is -3.03. The summed E-state index contributed by atoms with van der Waals surface area (Å²) in [7, 11) is 2.88. The first-order chi connectivity index (χ1) is 15.5. The normalized spacial score (nSPS) is 13.7. The van der Waals surface area contributed by atoms with E-state index >= 15 is 0 Å². The van der Waals surface area contributed by atoms with Crippen LogP contribution >= 0.6 is 0 Å². The number of nitrogens with zero attached hydrogens (tertiary/aromatic N) is 1. The van der Waals surface area contributed by atoms with Crippen molar-refractivity contribution in [3.63, 3.8) is 0 Å². The van der Waals surface area contributed by atoms with Crippen LogP contribution in [-0.4, -0.2) is 56.8 Å². The minimum atomic E-state index is -0.379. The van der Waals surface area contributed by atoms with E-state index < -0.39 is 0 Å². The second kappa shape index (κ2) is 12.7. The van der Waals surface area contributed by atoms with Gasteiger partial charge in [-0.25, -0.2) is 4.79 Å². The lowest BCUT2D eigenvalue weighted by atomic mass is 9.97. The van der Waals surface area contributed by atoms with Crippen molar-refractivity contribution in [3.8, 4) is 11.1 Å². The van der Waals surface area contributed by atoms with Gasteiger partial charge in [-0.1, -0.05) is 18.2 Å². The minimum absolute atomic E-state index is 0.379. The summed E-state index contributed by atoms with van der Waals surface area (Å²) >= 11 is 0. The summed E-state index contributed by atoms with van der Waals surface area (Å²) in [5, 5.41) is 15.2. The highest BCUT2D eigenvalue weighted by molar-refractivity contribution is 5.91. The van der Waals surface area contributed by atoms with Gasteiger partial charge in [0.15, 0.2) is 0 Å². The van der Waals surface area contributed by atoms with Gasteiger partial charge in [-0.15, -0.1) is 0 Å². The van der Waals surface area contributed by atoms with E-state index in [-0.39, 0.29) is 5.97 Å². The molecule has 7 heteroatoms. The van der Waals surface area contributed by atoms with Gasteiger partial charge in [0.25, 0.3) is 0 Å². The van der Waals surface area contributed by atoms with E-state index in [4.69, 9.17) is 20.3 Å². The van der Waals surface area contributed by atoms with Gasteiger partial charge >= 0.3 is 5.97 Å². The molecule has 172 valence electrons. The monoisotopic (exact) mass is 438 g/mol. The molecule has 1 saturated heterocycles. The molecule has 0 amide bonds. The van der Waals surface area contributed by atoms with Gasteiger partial charge < -0.3 is 25.5 Å². The number of rotatable bonds is 7. The number of carbonyl (C=O) groups is 1. The van der Waals surface area contributed by atoms with E-state index in [0.29, 0.717) is 30.5 Å². The molecule has 0 spiro atoms. The largest absolute Gasteiger partial charge is 0.465 e. The van der Waals surface area contributed by atoms with Crippen molar-refractivity contribution >= 4 is 18.0 Å². The van der Waals surface area contributed by atoms with Crippen molar-refractivity contribution in [1.29, 1.82) is 10.8 Å². The number of amidine groups is 1. The molecule has 0 saturated carbocycles. The van der Waals surface area contributed by atoms with Gasteiger partial charge in [-0.3, -0.25) is 5.41 Å². The van der Waals surface area contributed by atoms with Crippen molar-refractivity contribution in [1.82, 2.24) is 4.90 Å². The lowest BCUT2D eigenvalue weighted by Gasteiger charge is -2.32. The fourth-order valence-corrected chi connectivity index (χ4v) is 3.76. The van der Waals surface area contributed by atoms with E-state index in [2.05, 4.69) is 10.6 Å². The Balaban J connectivity index is 0.00000176. The summed E-state index contributed by atoms with van der Waals surface area (Å²) in [6, 6.07) is 13.3. The number of hydrogen-bond acceptors (Lipinski definition) is 6. The highest BCUT2D eigenvalue weighted by atomic mass is 16.5. The van der Waals surface area contributed by atoms with E-state index in [0.717, 1.165) is 48.2 Å². The molecule has 2 aromatic rings. The number of esters is 1. The zero-order valence-corrected chi connectivity index (χ0v) is 19.2. The van der Waals surface area contributed by atoms with Crippen molar-refractivity contribution in [2.24, 2.45) is 11.7 Å². The zero-order chi connectivity index (χ0) is 23.5. The second-order valence-corrected chi connectivity index (χ2v) is 7.71. The molecule has 0 atom stereocenters. The maximum Gasteiger partial charge on any atom is 0.337 e. The first-order valence-electron chi connectivity index (χ1n) is 10.8. The van der Waals surface area contributed by atoms with Crippen LogP contribution in [0.3, 0.4) is 0 Å². The van der Waals surface area contributed by atoms with Crippen LogP contribution in [0.4, 0.5) is 0 Å². The maximum absolute atomic E-state index is 12.2. The summed E-state index contributed by atoms with van der Waals surface area (Å²) in [6.07, 6.45) is 3.36. The summed E-state index contributed by atoms with van der Waals surface area (Å²) in [5.74, 6) is 0.748. The molecule has 1 aliphatic heterocycles. The van der Waals surface area contributed by atoms with Gasteiger partial charge in [0.05, 0.1) is 25.1 Å². The quantitative estimate of drug-likeness (QED) is 0.344. The van der Waals surface area contributed by atoms with Crippen molar-refractivity contribution in [2.75, 3.05) is 33.9 Å². The Kier molecular flexibility index (Phi) is 10.0. The number of carbonyl (C=O) groups excluding carboxylic acids is 1. The van der Waals surface area contributed by atoms with Crippen LogP contribution in [0.1, 0.15) is 41.3 Å². The molecule has 32 heavy (non-hydrogen) atoms. The molecule has 7 nitrogen and oxygen atoms in total. The van der Waals surface area contributed by atoms with Gasteiger partial charge in [0, 0.05) is 25.9 Å². The van der Waals surface area contributed by atoms with Gasteiger partial charge in [0.2, 0.25) is 0 Å². The predicted molar refractivity (Wildman–Crippen MR) is 129 cm³/mol. The number of nitrogens with two attached hydrogens (primary N) is 1. The summed E-state index contributed by atoms with van der Waals surface area (Å²) in [5.41, 5.74) is 8.55. The summed E-state index contributed by atoms with van der Waals surface area (Å²) < 4.78 is 10.9. The molecule has 3 rings (SSSR count). The number of ether oxygens (including phenoxy) is 2. The first kappa shape index (κ1) is 25.2. The molecule has 4 N–H and O–H groups in total. The van der Waals surface area contributed by atoms with Crippen LogP contribution in [0.15, 0.2) is 42.5 Å². The number of piperidine rings is 1. The molecule has 1 fully saturated rings. The lowest BCUT2D eigenvalue weighted by molar-refractivity contribution is 0.0597. The van der Waals surface area contributed by atoms with E-state index in [1.54, 1.807) is 0 Å². The van der Waals surface area contributed by atoms with Crippen LogP contribution in [0.5, 0.6) is 0 Å². The minimum Gasteiger partial charge on any atom is -0.465 e. The lowest BCUT2D eigenvalue weighted by Crippen LogP contribution is -2.37. The van der Waals surface area contributed by atoms with E-state index in [1.807, 2.05) is 49.4 Å². The summed E-state index contributed by atoms with van der Waals surface area (Å²) in [4.78, 5) is 14.3. The third-order valence-electron chi connectivity index (χ3n) is 5.51. The van der Waals surface area contributed by atoms with Crippen LogP contribution in [0, 0.1) is 16.7 Å².